The minimum absolute atomic E-state index is 0.0677. The van der Waals surface area contributed by atoms with Gasteiger partial charge >= 0.3 is 0 Å². The van der Waals surface area contributed by atoms with E-state index >= 15 is 0 Å². The second-order valence-corrected chi connectivity index (χ2v) is 7.83. The van der Waals surface area contributed by atoms with Crippen LogP contribution in [-0.2, 0) is 9.84 Å². The molecular formula is C20H25NO4S. The quantitative estimate of drug-likeness (QED) is 0.760. The molecule has 0 aliphatic heterocycles. The number of benzene rings is 2. The Hall–Kier alpha value is -2.47. The zero-order chi connectivity index (χ0) is 19.2. The second-order valence-electron chi connectivity index (χ2n) is 5.94. The van der Waals surface area contributed by atoms with Crippen molar-refractivity contribution >= 4 is 15.5 Å². The van der Waals surface area contributed by atoms with E-state index < -0.39 is 9.84 Å². The number of nitrogens with one attached hydrogen (secondary N) is 1. The fourth-order valence-corrected chi connectivity index (χ4v) is 3.20. The second kappa shape index (κ2) is 8.76. The Morgan fingerprint density at radius 1 is 1.15 bits per heavy atom. The van der Waals surface area contributed by atoms with Crippen LogP contribution in [0.25, 0.3) is 5.70 Å². The van der Waals surface area contributed by atoms with Gasteiger partial charge in [0.25, 0.3) is 0 Å². The molecule has 0 aliphatic rings. The molecule has 140 valence electrons. The predicted molar refractivity (Wildman–Crippen MR) is 105 cm³/mol. The van der Waals surface area contributed by atoms with Crippen LogP contribution >= 0.6 is 0 Å². The van der Waals surface area contributed by atoms with Gasteiger partial charge in [0, 0.05) is 17.9 Å². The molecule has 0 aliphatic carbocycles. The van der Waals surface area contributed by atoms with Crippen LogP contribution < -0.4 is 14.8 Å². The van der Waals surface area contributed by atoms with E-state index in [-0.39, 0.29) is 6.04 Å². The minimum atomic E-state index is -3.34. The molecule has 6 heteroatoms. The summed E-state index contributed by atoms with van der Waals surface area (Å²) in [5.74, 6) is 1.17. The first-order valence-corrected chi connectivity index (χ1v) is 10.3. The van der Waals surface area contributed by atoms with Crippen molar-refractivity contribution in [2.45, 2.75) is 19.9 Å². The summed E-state index contributed by atoms with van der Waals surface area (Å²) in [6.07, 6.45) is 1.18. The number of rotatable bonds is 8. The van der Waals surface area contributed by atoms with Crippen LogP contribution in [0.4, 0.5) is 0 Å². The van der Waals surface area contributed by atoms with Crippen LogP contribution in [0.3, 0.4) is 0 Å². The van der Waals surface area contributed by atoms with E-state index in [1.807, 2.05) is 50.2 Å². The van der Waals surface area contributed by atoms with Crippen molar-refractivity contribution in [2.24, 2.45) is 0 Å². The summed E-state index contributed by atoms with van der Waals surface area (Å²) in [4.78, 5) is 0. The summed E-state index contributed by atoms with van der Waals surface area (Å²) in [6, 6.07) is 15.1. The number of hydrogen-bond donors (Lipinski definition) is 1. The minimum Gasteiger partial charge on any atom is -0.493 e. The molecule has 0 radical (unpaired) electrons. The standard InChI is InChI=1S/C20H25NO4S/c1-5-25-20-13-17(11-12-19(20)24-3)18(14-26(4,22)23)21-15(2)16-9-7-6-8-10-16/h6-15,21H,5H2,1-4H3. The lowest BCUT2D eigenvalue weighted by molar-refractivity contribution is 0.311. The van der Waals surface area contributed by atoms with Gasteiger partial charge in [-0.2, -0.15) is 0 Å². The average molecular weight is 375 g/mol. The van der Waals surface area contributed by atoms with Gasteiger partial charge in [-0.05, 0) is 37.6 Å². The van der Waals surface area contributed by atoms with Gasteiger partial charge in [-0.3, -0.25) is 0 Å². The molecule has 2 aromatic carbocycles. The van der Waals surface area contributed by atoms with Crippen molar-refractivity contribution in [3.8, 4) is 11.5 Å². The van der Waals surface area contributed by atoms with E-state index in [0.717, 1.165) is 5.56 Å². The Labute approximate surface area is 155 Å². The van der Waals surface area contributed by atoms with Gasteiger partial charge in [-0.25, -0.2) is 8.42 Å². The van der Waals surface area contributed by atoms with Crippen LogP contribution in [0, 0.1) is 0 Å². The molecule has 26 heavy (non-hydrogen) atoms. The molecule has 1 N–H and O–H groups in total. The lowest BCUT2D eigenvalue weighted by atomic mass is 10.1. The first-order valence-electron chi connectivity index (χ1n) is 8.38. The summed E-state index contributed by atoms with van der Waals surface area (Å²) in [5, 5.41) is 4.54. The van der Waals surface area contributed by atoms with Crippen LogP contribution in [0.2, 0.25) is 0 Å². The largest absolute Gasteiger partial charge is 0.493 e. The monoisotopic (exact) mass is 375 g/mol. The third-order valence-electron chi connectivity index (χ3n) is 3.78. The highest BCUT2D eigenvalue weighted by Gasteiger charge is 2.14. The molecule has 0 heterocycles. The molecule has 0 fully saturated rings. The van der Waals surface area contributed by atoms with Crippen LogP contribution in [0.15, 0.2) is 53.9 Å². The molecule has 0 saturated heterocycles. The van der Waals surface area contributed by atoms with Crippen molar-refractivity contribution in [1.29, 1.82) is 0 Å². The van der Waals surface area contributed by atoms with Crippen molar-refractivity contribution in [3.63, 3.8) is 0 Å². The highest BCUT2D eigenvalue weighted by molar-refractivity contribution is 7.93. The zero-order valence-electron chi connectivity index (χ0n) is 15.5. The molecule has 0 spiro atoms. The SMILES string of the molecule is CCOc1cc(C(=CS(C)(=O)=O)NC(C)c2ccccc2)ccc1OC. The highest BCUT2D eigenvalue weighted by atomic mass is 32.2. The van der Waals surface area contributed by atoms with E-state index in [2.05, 4.69) is 5.32 Å². The van der Waals surface area contributed by atoms with Crippen LogP contribution in [-0.4, -0.2) is 28.4 Å². The molecule has 2 aromatic rings. The third-order valence-corrected chi connectivity index (χ3v) is 4.44. The molecule has 1 unspecified atom stereocenters. The Morgan fingerprint density at radius 2 is 1.85 bits per heavy atom. The van der Waals surface area contributed by atoms with Gasteiger partial charge in [-0.1, -0.05) is 30.3 Å². The number of hydrogen-bond acceptors (Lipinski definition) is 5. The Bertz CT molecular complexity index is 861. The molecule has 0 amide bonds. The van der Waals surface area contributed by atoms with Gasteiger partial charge < -0.3 is 14.8 Å². The summed E-state index contributed by atoms with van der Waals surface area (Å²) < 4.78 is 34.7. The van der Waals surface area contributed by atoms with Gasteiger partial charge in [0.15, 0.2) is 21.3 Å². The summed E-state index contributed by atoms with van der Waals surface area (Å²) in [5.41, 5.74) is 2.28. The highest BCUT2D eigenvalue weighted by Crippen LogP contribution is 2.31. The van der Waals surface area contributed by atoms with Gasteiger partial charge in [0.05, 0.1) is 24.8 Å². The summed E-state index contributed by atoms with van der Waals surface area (Å²) >= 11 is 0. The van der Waals surface area contributed by atoms with Crippen molar-refractivity contribution < 1.29 is 17.9 Å². The van der Waals surface area contributed by atoms with Crippen molar-refractivity contribution in [2.75, 3.05) is 20.0 Å². The Balaban J connectivity index is 2.43. The van der Waals surface area contributed by atoms with E-state index in [9.17, 15) is 8.42 Å². The van der Waals surface area contributed by atoms with Gasteiger partial charge in [0.1, 0.15) is 0 Å². The molecule has 0 aromatic heterocycles. The normalized spacial score (nSPS) is 13.2. The van der Waals surface area contributed by atoms with Crippen LogP contribution in [0.1, 0.15) is 31.0 Å². The molecule has 0 saturated carbocycles. The summed E-state index contributed by atoms with van der Waals surface area (Å²) in [6.45, 7) is 4.35. The maximum atomic E-state index is 11.9. The summed E-state index contributed by atoms with van der Waals surface area (Å²) in [7, 11) is -1.77. The molecule has 0 bridgehead atoms. The molecule has 2 rings (SSSR count). The lowest BCUT2D eigenvalue weighted by Crippen LogP contribution is -2.18. The smallest absolute Gasteiger partial charge is 0.170 e. The van der Waals surface area contributed by atoms with Gasteiger partial charge in [0.2, 0.25) is 0 Å². The molecular weight excluding hydrogens is 350 g/mol. The van der Waals surface area contributed by atoms with Crippen molar-refractivity contribution in [1.82, 2.24) is 5.32 Å². The zero-order valence-corrected chi connectivity index (χ0v) is 16.3. The Morgan fingerprint density at radius 3 is 2.42 bits per heavy atom. The maximum absolute atomic E-state index is 11.9. The number of ether oxygens (including phenoxy) is 2. The van der Waals surface area contributed by atoms with E-state index in [1.54, 1.807) is 19.2 Å². The molecule has 1 atom stereocenters. The number of sulfone groups is 1. The third kappa shape index (κ3) is 5.52. The Kier molecular flexibility index (Phi) is 6.69. The molecule has 5 nitrogen and oxygen atoms in total. The average Bonchev–Trinajstić information content (AvgIpc) is 2.61. The first kappa shape index (κ1) is 19.8. The fourth-order valence-electron chi connectivity index (χ4n) is 2.57. The fraction of sp³-hybridized carbons (Fsp3) is 0.300. The maximum Gasteiger partial charge on any atom is 0.170 e. The van der Waals surface area contributed by atoms with E-state index in [0.29, 0.717) is 29.4 Å². The van der Waals surface area contributed by atoms with E-state index in [4.69, 9.17) is 9.47 Å². The van der Waals surface area contributed by atoms with E-state index in [1.165, 1.54) is 11.7 Å². The number of methoxy groups -OCH3 is 1. The lowest BCUT2D eigenvalue weighted by Gasteiger charge is -2.20. The first-order chi connectivity index (χ1) is 12.3. The van der Waals surface area contributed by atoms with Crippen molar-refractivity contribution in [3.05, 3.63) is 65.1 Å². The van der Waals surface area contributed by atoms with Gasteiger partial charge in [-0.15, -0.1) is 0 Å². The predicted octanol–water partition coefficient (Wildman–Crippen LogP) is 3.79. The topological polar surface area (TPSA) is 64.6 Å². The van der Waals surface area contributed by atoms with Crippen LogP contribution in [0.5, 0.6) is 11.5 Å².